The van der Waals surface area contributed by atoms with Gasteiger partial charge in [0.15, 0.2) is 0 Å². The quantitative estimate of drug-likeness (QED) is 0.0967. The molecular weight excluding hydrogens is 1520 g/mol. The largest absolute Gasteiger partial charge is 0.388 e. The van der Waals surface area contributed by atoms with Gasteiger partial charge in [-0.1, -0.05) is 0 Å². The second-order valence-corrected chi connectivity index (χ2v) is 23.7. The molecule has 3 unspecified atom stereocenters. The van der Waals surface area contributed by atoms with Crippen LogP contribution in [0.4, 0.5) is 198 Å². The van der Waals surface area contributed by atoms with Crippen LogP contribution in [-0.4, -0.2) is 268 Å². The molecule has 0 spiro atoms. The summed E-state index contributed by atoms with van der Waals surface area (Å²) in [6, 6.07) is 0. The van der Waals surface area contributed by atoms with Crippen LogP contribution in [0.5, 0.6) is 0 Å². The van der Waals surface area contributed by atoms with Crippen LogP contribution in [0.2, 0.25) is 0 Å². The number of hydrogen-bond donors (Lipinski definition) is 3. The van der Waals surface area contributed by atoms with Crippen molar-refractivity contribution in [2.24, 2.45) is 5.92 Å². The summed E-state index contributed by atoms with van der Waals surface area (Å²) in [5, 5.41) is 30.4. The number of aliphatic hydroxyl groups is 3. The Labute approximate surface area is 500 Å². The molecule has 12 fully saturated rings. The highest BCUT2D eigenvalue weighted by Crippen LogP contribution is 2.93. The molecule has 3 atom stereocenters. The summed E-state index contributed by atoms with van der Waals surface area (Å²) in [6.07, 6.45) is -10.8. The average Bonchev–Trinajstić information content (AvgIpc) is 0.605. The lowest BCUT2D eigenvalue weighted by Crippen LogP contribution is -3.09. The molecule has 0 radical (unpaired) electrons. The molecule has 12 rings (SSSR count). The van der Waals surface area contributed by atoms with E-state index in [2.05, 4.69) is 28.4 Å². The highest BCUT2D eigenvalue weighted by Gasteiger charge is 3.27. The van der Waals surface area contributed by atoms with Crippen LogP contribution in [0.3, 0.4) is 0 Å². The summed E-state index contributed by atoms with van der Waals surface area (Å²) < 4.78 is 709. The Balaban J connectivity index is 0.950. The molecule has 12 aliphatic rings. The first-order valence-corrected chi connectivity index (χ1v) is 25.2. The molecule has 566 valence electrons. The van der Waals surface area contributed by atoms with Crippen molar-refractivity contribution in [3.8, 4) is 0 Å². The first-order chi connectivity index (χ1) is 42.5. The molecule has 0 saturated heterocycles. The number of alkyl halides is 45. The SMILES string of the molecule is OC(COCC(COCC(O)COC1(F)C2(F)C(F)(F)C3(F)C(F)(F)C(F)(C2(F)F)C(F)(F)C1(F)C3(F)F)COCC(O)COC1(F)C2(F)C(F)(F)C3(F)C(F)(F)C(F)(C2(F)F)C(F)(F)C1(F)C3(F)F)COC1(F)C2(F)C(F)(F)C3(F)C(F)(F)C(F)(C2(F)F)C(F)(F)C1(F)C3(F)F. The predicted molar refractivity (Wildman–Crippen MR) is 204 cm³/mol. The number of halogens is 45. The van der Waals surface area contributed by atoms with Crippen LogP contribution in [0.25, 0.3) is 0 Å². The highest BCUT2D eigenvalue weighted by molar-refractivity contribution is 5.57. The summed E-state index contributed by atoms with van der Waals surface area (Å²) >= 11 is 0. The zero-order chi connectivity index (χ0) is 75.9. The van der Waals surface area contributed by atoms with Gasteiger partial charge in [0.25, 0.3) is 0 Å². The topological polar surface area (TPSA) is 116 Å². The van der Waals surface area contributed by atoms with Gasteiger partial charge in [-0.05, 0) is 0 Å². The Bertz CT molecular complexity index is 2640. The van der Waals surface area contributed by atoms with Crippen LogP contribution in [0, 0.1) is 5.92 Å². The lowest BCUT2D eigenvalue weighted by atomic mass is 9.40. The van der Waals surface area contributed by atoms with Gasteiger partial charge in [0, 0.05) is 5.92 Å². The first-order valence-electron chi connectivity index (χ1n) is 25.2. The number of rotatable bonds is 21. The summed E-state index contributed by atoms with van der Waals surface area (Å²) in [5.74, 6) is -152. The molecule has 97 heavy (non-hydrogen) atoms. The number of ether oxygens (including phenoxy) is 6. The van der Waals surface area contributed by atoms with Gasteiger partial charge in [0.1, 0.15) is 18.3 Å². The average molecular weight is 1540 g/mol. The Kier molecular flexibility index (Phi) is 15.0. The lowest BCUT2D eigenvalue weighted by molar-refractivity contribution is -0.618. The van der Waals surface area contributed by atoms with E-state index in [9.17, 15) is 41.7 Å². The van der Waals surface area contributed by atoms with Gasteiger partial charge < -0.3 is 43.7 Å². The zero-order valence-electron chi connectivity index (χ0n) is 44.5. The molecule has 0 aromatic carbocycles. The minimum absolute atomic E-state index is 1.93. The van der Waals surface area contributed by atoms with Gasteiger partial charge >= 0.3 is 174 Å². The minimum atomic E-state index is -8.39. The molecular formula is C43H25F45O9. The van der Waals surface area contributed by atoms with Crippen LogP contribution < -0.4 is 0 Å². The third-order valence-corrected chi connectivity index (χ3v) is 19.1. The Hall–Kier alpha value is -3.51. The fourth-order valence-electron chi connectivity index (χ4n) is 14.1. The molecule has 9 nitrogen and oxygen atoms in total. The van der Waals surface area contributed by atoms with E-state index in [1.54, 1.807) is 0 Å². The van der Waals surface area contributed by atoms with E-state index < -0.39 is 258 Å². The molecule has 0 aromatic heterocycles. The molecule has 0 aromatic rings. The second kappa shape index (κ2) is 18.7. The van der Waals surface area contributed by atoms with E-state index in [1.165, 1.54) is 0 Å². The fraction of sp³-hybridized carbons (Fsp3) is 1.00. The molecule has 12 aliphatic carbocycles. The Morgan fingerprint density at radius 3 is 0.402 bits per heavy atom. The van der Waals surface area contributed by atoms with Crippen molar-refractivity contribution in [2.75, 3.05) is 59.5 Å². The maximum absolute atomic E-state index is 16.2. The number of aliphatic hydroxyl groups excluding tert-OH is 3. The first kappa shape index (κ1) is 77.6. The summed E-state index contributed by atoms with van der Waals surface area (Å²) in [7, 11) is 0. The minimum Gasteiger partial charge on any atom is -0.388 e. The highest BCUT2D eigenvalue weighted by atomic mass is 19.4. The molecule has 12 saturated carbocycles. The van der Waals surface area contributed by atoms with Gasteiger partial charge in [-0.3, -0.25) is 0 Å². The van der Waals surface area contributed by atoms with Gasteiger partial charge in [0.05, 0.1) is 59.5 Å². The lowest BCUT2D eigenvalue weighted by Gasteiger charge is -2.74. The van der Waals surface area contributed by atoms with E-state index in [0.717, 1.165) is 0 Å². The van der Waals surface area contributed by atoms with E-state index in [0.29, 0.717) is 0 Å². The predicted octanol–water partition coefficient (Wildman–Crippen LogP) is 10.9. The second-order valence-electron chi connectivity index (χ2n) is 23.7. The van der Waals surface area contributed by atoms with Crippen molar-refractivity contribution in [1.82, 2.24) is 0 Å². The van der Waals surface area contributed by atoms with Gasteiger partial charge in [0.2, 0.25) is 0 Å². The van der Waals surface area contributed by atoms with Crippen molar-refractivity contribution in [1.29, 1.82) is 0 Å². The summed E-state index contributed by atoms with van der Waals surface area (Å²) in [4.78, 5) is 0. The molecule has 0 heterocycles. The van der Waals surface area contributed by atoms with Gasteiger partial charge in [-0.2, -0.15) is 132 Å². The fourth-order valence-corrected chi connectivity index (χ4v) is 14.1. The van der Waals surface area contributed by atoms with Crippen LogP contribution in [0.1, 0.15) is 0 Å². The van der Waals surface area contributed by atoms with E-state index in [1.807, 2.05) is 0 Å². The molecule has 0 aliphatic heterocycles. The van der Waals surface area contributed by atoms with Crippen molar-refractivity contribution in [2.45, 2.75) is 193 Å². The number of hydrogen-bond acceptors (Lipinski definition) is 9. The molecule has 0 amide bonds. The Morgan fingerprint density at radius 1 is 0.165 bits per heavy atom. The van der Waals surface area contributed by atoms with Crippen molar-refractivity contribution in [3.05, 3.63) is 0 Å². The monoisotopic (exact) mass is 1540 g/mol. The van der Waals surface area contributed by atoms with Crippen molar-refractivity contribution < 1.29 is 241 Å². The van der Waals surface area contributed by atoms with E-state index in [4.69, 9.17) is 0 Å². The van der Waals surface area contributed by atoms with E-state index >= 15 is 171 Å². The van der Waals surface area contributed by atoms with Crippen molar-refractivity contribution in [3.63, 3.8) is 0 Å². The Morgan fingerprint density at radius 2 is 0.278 bits per heavy atom. The van der Waals surface area contributed by atoms with Gasteiger partial charge in [-0.25, -0.2) is 65.9 Å². The zero-order valence-corrected chi connectivity index (χ0v) is 44.5. The van der Waals surface area contributed by atoms with Crippen LogP contribution in [-0.2, 0) is 28.4 Å². The van der Waals surface area contributed by atoms with Gasteiger partial charge in [-0.15, -0.1) is 0 Å². The molecule has 3 N–H and O–H groups in total. The third-order valence-electron chi connectivity index (χ3n) is 19.1. The normalized spacial score (nSPS) is 50.1. The molecule has 54 heteroatoms. The summed E-state index contributed by atoms with van der Waals surface area (Å²) in [6.45, 7) is -22.2. The smallest absolute Gasteiger partial charge is 0.339 e. The van der Waals surface area contributed by atoms with Crippen molar-refractivity contribution >= 4 is 0 Å². The van der Waals surface area contributed by atoms with Crippen LogP contribution >= 0.6 is 0 Å². The molecule has 12 bridgehead atoms. The third kappa shape index (κ3) is 5.96. The summed E-state index contributed by atoms with van der Waals surface area (Å²) in [5.41, 5.74) is -99.1. The maximum atomic E-state index is 16.2. The standard InChI is InChI=1S/C43H25F45O9/c44-14-26(56,57)15(45)31(66,67)20(50,29(14,62)63)41(86,21(51,30(14,64)65)32(15,68)69)95-7-11(89)4-92-1-10(2-93-5-12(90)8-96-42(87)22(52)33(70,71)16(46)27(58,59)17(47,35(22,74)75)36(76,77)23(42,53)34(16,72)73)3-94-6-13(91)9-97-43(88)24(54)37(78,79)18(48)28(60,61)19(49,39(24,82)83)40(84,85)25(43,55)38(18,80)81/h10-13,89-91H,1-9H2. The van der Waals surface area contributed by atoms with E-state index in [-0.39, 0.29) is 0 Å². The van der Waals surface area contributed by atoms with Crippen LogP contribution in [0.15, 0.2) is 0 Å². The maximum Gasteiger partial charge on any atom is 0.339 e.